The highest BCUT2D eigenvalue weighted by Crippen LogP contribution is 2.29. The van der Waals surface area contributed by atoms with Gasteiger partial charge in [-0.3, -0.25) is 0 Å². The van der Waals surface area contributed by atoms with Gasteiger partial charge in [0, 0.05) is 5.41 Å². The molecule has 0 radical (unpaired) electrons. The van der Waals surface area contributed by atoms with E-state index < -0.39 is 17.3 Å². The molecule has 0 aliphatic carbocycles. The van der Waals surface area contributed by atoms with Gasteiger partial charge < -0.3 is 19.7 Å². The minimum absolute atomic E-state index is 0.00220. The van der Waals surface area contributed by atoms with Crippen LogP contribution in [0, 0.1) is 5.41 Å². The summed E-state index contributed by atoms with van der Waals surface area (Å²) >= 11 is 0. The Labute approximate surface area is 84.8 Å². The molecule has 1 heterocycles. The molecule has 1 rings (SSSR count). The highest BCUT2D eigenvalue weighted by molar-refractivity contribution is 4.83. The van der Waals surface area contributed by atoms with Crippen LogP contribution in [-0.4, -0.2) is 41.9 Å². The van der Waals surface area contributed by atoms with Crippen molar-refractivity contribution in [3.8, 4) is 0 Å². The van der Waals surface area contributed by atoms with Crippen LogP contribution in [0.4, 0.5) is 0 Å². The molecule has 0 spiro atoms. The number of rotatable bonds is 3. The molecule has 1 aliphatic heterocycles. The van der Waals surface area contributed by atoms with Crippen molar-refractivity contribution >= 4 is 0 Å². The van der Waals surface area contributed by atoms with Crippen LogP contribution < -0.4 is 0 Å². The highest BCUT2D eigenvalue weighted by Gasteiger charge is 2.39. The molecule has 4 nitrogen and oxygen atoms in total. The zero-order valence-electron chi connectivity index (χ0n) is 9.12. The Kier molecular flexibility index (Phi) is 3.53. The quantitative estimate of drug-likeness (QED) is 0.703. The predicted molar refractivity (Wildman–Crippen MR) is 51.8 cm³/mol. The SMILES string of the molecule is CCC1(O)COC(C(C)(C)CO)OC1. The summed E-state index contributed by atoms with van der Waals surface area (Å²) in [5.74, 6) is 0. The first-order valence-corrected chi connectivity index (χ1v) is 5.00. The molecule has 4 heteroatoms. The Hall–Kier alpha value is -0.160. The largest absolute Gasteiger partial charge is 0.396 e. The van der Waals surface area contributed by atoms with Gasteiger partial charge in [-0.05, 0) is 6.42 Å². The van der Waals surface area contributed by atoms with Gasteiger partial charge in [-0.25, -0.2) is 0 Å². The molecule has 0 atom stereocenters. The Bertz CT molecular complexity index is 183. The average Bonchev–Trinajstić information content (AvgIpc) is 2.19. The third-order valence-electron chi connectivity index (χ3n) is 2.71. The first kappa shape index (κ1) is 11.9. The molecular weight excluding hydrogens is 184 g/mol. The fourth-order valence-corrected chi connectivity index (χ4v) is 1.28. The normalized spacial score (nSPS) is 34.5. The zero-order valence-corrected chi connectivity index (χ0v) is 9.12. The zero-order chi connectivity index (χ0) is 10.8. The Morgan fingerprint density at radius 1 is 1.36 bits per heavy atom. The highest BCUT2D eigenvalue weighted by atomic mass is 16.7. The van der Waals surface area contributed by atoms with Crippen LogP contribution in [0.5, 0.6) is 0 Å². The van der Waals surface area contributed by atoms with Gasteiger partial charge in [0.1, 0.15) is 5.60 Å². The molecule has 0 amide bonds. The van der Waals surface area contributed by atoms with Gasteiger partial charge in [-0.2, -0.15) is 0 Å². The molecule has 0 unspecified atom stereocenters. The van der Waals surface area contributed by atoms with Crippen molar-refractivity contribution in [2.75, 3.05) is 19.8 Å². The minimum atomic E-state index is -0.859. The lowest BCUT2D eigenvalue weighted by molar-refractivity contribution is -0.290. The van der Waals surface area contributed by atoms with Gasteiger partial charge in [-0.1, -0.05) is 20.8 Å². The standard InChI is InChI=1S/C10H20O4/c1-4-10(12)6-13-8(14-7-10)9(2,3)5-11/h8,11-12H,4-7H2,1-3H3. The second-order valence-electron chi connectivity index (χ2n) is 4.68. The second kappa shape index (κ2) is 4.14. The summed E-state index contributed by atoms with van der Waals surface area (Å²) in [7, 11) is 0. The lowest BCUT2D eigenvalue weighted by Gasteiger charge is -2.41. The summed E-state index contributed by atoms with van der Waals surface area (Å²) < 4.78 is 10.8. The monoisotopic (exact) mass is 204 g/mol. The van der Waals surface area contributed by atoms with Crippen molar-refractivity contribution in [3.05, 3.63) is 0 Å². The van der Waals surface area contributed by atoms with E-state index in [4.69, 9.17) is 14.6 Å². The molecule has 2 N–H and O–H groups in total. The van der Waals surface area contributed by atoms with Crippen LogP contribution in [0.15, 0.2) is 0 Å². The molecule has 1 saturated heterocycles. The van der Waals surface area contributed by atoms with E-state index in [1.165, 1.54) is 0 Å². The number of hydrogen-bond acceptors (Lipinski definition) is 4. The minimum Gasteiger partial charge on any atom is -0.396 e. The number of aliphatic hydroxyl groups excluding tert-OH is 1. The molecule has 0 aromatic heterocycles. The first-order chi connectivity index (χ1) is 6.43. The van der Waals surface area contributed by atoms with Crippen molar-refractivity contribution in [2.24, 2.45) is 5.41 Å². The summed E-state index contributed by atoms with van der Waals surface area (Å²) in [4.78, 5) is 0. The van der Waals surface area contributed by atoms with Gasteiger partial charge in [0.15, 0.2) is 6.29 Å². The predicted octanol–water partition coefficient (Wildman–Crippen LogP) is 0.519. The van der Waals surface area contributed by atoms with Crippen LogP contribution >= 0.6 is 0 Å². The van der Waals surface area contributed by atoms with Crippen molar-refractivity contribution in [2.45, 2.75) is 39.1 Å². The van der Waals surface area contributed by atoms with Crippen molar-refractivity contribution < 1.29 is 19.7 Å². The van der Waals surface area contributed by atoms with Gasteiger partial charge in [0.25, 0.3) is 0 Å². The molecule has 0 bridgehead atoms. The maximum absolute atomic E-state index is 9.82. The summed E-state index contributed by atoms with van der Waals surface area (Å²) in [5.41, 5.74) is -1.28. The lowest BCUT2D eigenvalue weighted by Crippen LogP contribution is -2.51. The summed E-state index contributed by atoms with van der Waals surface area (Å²) in [6.07, 6.45) is 0.179. The van der Waals surface area contributed by atoms with E-state index in [0.29, 0.717) is 6.42 Å². The van der Waals surface area contributed by atoms with E-state index in [1.54, 1.807) is 0 Å². The molecule has 1 fully saturated rings. The van der Waals surface area contributed by atoms with E-state index in [2.05, 4.69) is 0 Å². The lowest BCUT2D eigenvalue weighted by atomic mass is 9.92. The van der Waals surface area contributed by atoms with Crippen LogP contribution in [0.2, 0.25) is 0 Å². The molecule has 0 saturated carbocycles. The Morgan fingerprint density at radius 2 is 1.86 bits per heavy atom. The smallest absolute Gasteiger partial charge is 0.165 e. The van der Waals surface area contributed by atoms with Crippen LogP contribution in [0.1, 0.15) is 27.2 Å². The van der Waals surface area contributed by atoms with Crippen molar-refractivity contribution in [1.29, 1.82) is 0 Å². The van der Waals surface area contributed by atoms with E-state index >= 15 is 0 Å². The third kappa shape index (κ3) is 2.45. The first-order valence-electron chi connectivity index (χ1n) is 5.00. The molecule has 14 heavy (non-hydrogen) atoms. The van der Waals surface area contributed by atoms with Gasteiger partial charge in [0.05, 0.1) is 19.8 Å². The van der Waals surface area contributed by atoms with Crippen molar-refractivity contribution in [3.63, 3.8) is 0 Å². The van der Waals surface area contributed by atoms with E-state index in [-0.39, 0.29) is 19.8 Å². The van der Waals surface area contributed by atoms with Crippen LogP contribution in [0.25, 0.3) is 0 Å². The Balaban J connectivity index is 2.51. The molecular formula is C10H20O4. The molecule has 0 aromatic carbocycles. The summed E-state index contributed by atoms with van der Waals surface area (Å²) in [5, 5.41) is 18.9. The van der Waals surface area contributed by atoms with E-state index in [0.717, 1.165) is 0 Å². The fraction of sp³-hybridized carbons (Fsp3) is 1.00. The summed E-state index contributed by atoms with van der Waals surface area (Å²) in [6, 6.07) is 0. The van der Waals surface area contributed by atoms with Gasteiger partial charge >= 0.3 is 0 Å². The van der Waals surface area contributed by atoms with E-state index in [1.807, 2.05) is 20.8 Å². The molecule has 84 valence electrons. The third-order valence-corrected chi connectivity index (χ3v) is 2.71. The van der Waals surface area contributed by atoms with Gasteiger partial charge in [0.2, 0.25) is 0 Å². The number of aliphatic hydroxyl groups is 2. The topological polar surface area (TPSA) is 58.9 Å². The fourth-order valence-electron chi connectivity index (χ4n) is 1.28. The number of hydrogen-bond donors (Lipinski definition) is 2. The number of ether oxygens (including phenoxy) is 2. The van der Waals surface area contributed by atoms with E-state index in [9.17, 15) is 5.11 Å². The van der Waals surface area contributed by atoms with Crippen molar-refractivity contribution in [1.82, 2.24) is 0 Å². The Morgan fingerprint density at radius 3 is 2.21 bits per heavy atom. The van der Waals surface area contributed by atoms with Crippen LogP contribution in [-0.2, 0) is 9.47 Å². The average molecular weight is 204 g/mol. The molecule has 1 aliphatic rings. The van der Waals surface area contributed by atoms with Crippen LogP contribution in [0.3, 0.4) is 0 Å². The summed E-state index contributed by atoms with van der Waals surface area (Å²) in [6.45, 7) is 6.18. The molecule has 0 aromatic rings. The maximum atomic E-state index is 9.82. The maximum Gasteiger partial charge on any atom is 0.165 e. The second-order valence-corrected chi connectivity index (χ2v) is 4.68. The van der Waals surface area contributed by atoms with Gasteiger partial charge in [-0.15, -0.1) is 0 Å².